The molecule has 1 atom stereocenters. The van der Waals surface area contributed by atoms with E-state index in [9.17, 15) is 13.2 Å². The molecule has 5 rings (SSSR count). The highest BCUT2D eigenvalue weighted by Gasteiger charge is 2.31. The fraction of sp³-hybridized carbons (Fsp3) is 0.375. The van der Waals surface area contributed by atoms with Gasteiger partial charge in [-0.15, -0.1) is 0 Å². The van der Waals surface area contributed by atoms with Gasteiger partial charge in [0.1, 0.15) is 17.4 Å². The van der Waals surface area contributed by atoms with Gasteiger partial charge in [0.2, 0.25) is 5.88 Å². The third kappa shape index (κ3) is 5.04. The molecule has 0 bridgehead atoms. The second-order valence-corrected chi connectivity index (χ2v) is 9.91. The van der Waals surface area contributed by atoms with E-state index in [0.717, 1.165) is 18.5 Å². The fourth-order valence-corrected chi connectivity index (χ4v) is 4.53. The lowest BCUT2D eigenvalue weighted by Crippen LogP contribution is -2.30. The van der Waals surface area contributed by atoms with Crippen LogP contribution in [0.3, 0.4) is 0 Å². The lowest BCUT2D eigenvalue weighted by Gasteiger charge is -2.18. The number of rotatable bonds is 10. The van der Waals surface area contributed by atoms with Gasteiger partial charge in [-0.2, -0.15) is 0 Å². The third-order valence-corrected chi connectivity index (χ3v) is 6.85. The van der Waals surface area contributed by atoms with Crippen molar-refractivity contribution in [2.75, 3.05) is 26.1 Å². The number of hydrogen-bond acceptors (Lipinski definition) is 12. The Balaban J connectivity index is 1.58. The molecule has 1 aliphatic carbocycles. The van der Waals surface area contributed by atoms with Crippen molar-refractivity contribution in [2.45, 2.75) is 43.2 Å². The van der Waals surface area contributed by atoms with Crippen LogP contribution in [-0.2, 0) is 22.0 Å². The molecule has 13 nitrogen and oxygen atoms in total. The zero-order chi connectivity index (χ0) is 26.8. The maximum Gasteiger partial charge on any atom is 0.295 e. The van der Waals surface area contributed by atoms with Crippen LogP contribution in [0.4, 0.5) is 5.82 Å². The number of ether oxygens (including phenoxy) is 2. The van der Waals surface area contributed by atoms with E-state index in [0.29, 0.717) is 34.1 Å². The lowest BCUT2D eigenvalue weighted by atomic mass is 10.1. The van der Waals surface area contributed by atoms with E-state index in [1.165, 1.54) is 30.3 Å². The van der Waals surface area contributed by atoms with Gasteiger partial charge in [-0.25, -0.2) is 33.3 Å². The highest BCUT2D eigenvalue weighted by atomic mass is 32.2. The molecule has 38 heavy (non-hydrogen) atoms. The number of anilines is 1. The number of thiol groups is 1. The van der Waals surface area contributed by atoms with Crippen molar-refractivity contribution < 1.29 is 17.9 Å². The minimum absolute atomic E-state index is 0.0804. The number of pyridine rings is 1. The van der Waals surface area contributed by atoms with Crippen molar-refractivity contribution in [1.82, 2.24) is 34.5 Å². The first kappa shape index (κ1) is 25.6. The minimum atomic E-state index is -2.72. The molecule has 1 saturated carbocycles. The summed E-state index contributed by atoms with van der Waals surface area (Å²) < 4.78 is 34.6. The molecule has 0 unspecified atom stereocenters. The van der Waals surface area contributed by atoms with E-state index in [-0.39, 0.29) is 35.8 Å². The summed E-state index contributed by atoms with van der Waals surface area (Å²) in [5.41, 5.74) is 2.30. The number of methoxy groups -OCH3 is 2. The van der Waals surface area contributed by atoms with Gasteiger partial charge < -0.3 is 14.8 Å². The van der Waals surface area contributed by atoms with E-state index in [2.05, 4.69) is 30.2 Å². The second-order valence-electron chi connectivity index (χ2n) is 8.88. The summed E-state index contributed by atoms with van der Waals surface area (Å²) >= 11 is 0. The Morgan fingerprint density at radius 2 is 1.92 bits per heavy atom. The first-order chi connectivity index (χ1) is 18.4. The fourth-order valence-electron chi connectivity index (χ4n) is 4.18. The van der Waals surface area contributed by atoms with Crippen LogP contribution in [0, 0.1) is 0 Å². The largest absolute Gasteiger partial charge is 0.480 e. The Kier molecular flexibility index (Phi) is 7.24. The molecule has 14 heteroatoms. The summed E-state index contributed by atoms with van der Waals surface area (Å²) in [5, 5.41) is 3.01. The maximum absolute atomic E-state index is 13.6. The van der Waals surface area contributed by atoms with Crippen molar-refractivity contribution in [3.63, 3.8) is 0 Å². The van der Waals surface area contributed by atoms with Crippen LogP contribution < -0.4 is 15.6 Å². The van der Waals surface area contributed by atoms with Gasteiger partial charge in [-0.05, 0) is 31.9 Å². The molecule has 4 aromatic heterocycles. The second kappa shape index (κ2) is 10.8. The molecule has 1 N–H and O–H groups in total. The van der Waals surface area contributed by atoms with Crippen molar-refractivity contribution in [3.05, 3.63) is 52.6 Å². The van der Waals surface area contributed by atoms with Gasteiger partial charge in [-0.1, -0.05) is 0 Å². The van der Waals surface area contributed by atoms with Crippen LogP contribution in [-0.4, -0.2) is 63.7 Å². The monoisotopic (exact) mass is 538 g/mol. The summed E-state index contributed by atoms with van der Waals surface area (Å²) in [6.45, 7) is 2.27. The molecule has 4 aromatic rings. The Bertz CT molecular complexity index is 1610. The molecule has 0 aromatic carbocycles. The first-order valence-corrected chi connectivity index (χ1v) is 13.1. The van der Waals surface area contributed by atoms with Gasteiger partial charge in [-0.3, -0.25) is 14.3 Å². The van der Waals surface area contributed by atoms with Crippen molar-refractivity contribution >= 4 is 27.7 Å². The molecule has 0 aliphatic heterocycles. The van der Waals surface area contributed by atoms with Crippen molar-refractivity contribution in [3.8, 4) is 17.3 Å². The number of nitrogens with one attached hydrogen (secondary N) is 1. The minimum Gasteiger partial charge on any atom is -0.480 e. The van der Waals surface area contributed by atoms with Gasteiger partial charge in [0.15, 0.2) is 28.0 Å². The lowest BCUT2D eigenvalue weighted by molar-refractivity contribution is 0.162. The van der Waals surface area contributed by atoms with Crippen molar-refractivity contribution in [2.24, 2.45) is 0 Å². The van der Waals surface area contributed by atoms with E-state index < -0.39 is 16.3 Å². The Morgan fingerprint density at radius 3 is 2.58 bits per heavy atom. The van der Waals surface area contributed by atoms with E-state index >= 15 is 0 Å². The van der Waals surface area contributed by atoms with E-state index in [1.807, 2.05) is 6.92 Å². The molecule has 1 aliphatic rings. The van der Waals surface area contributed by atoms with Gasteiger partial charge >= 0.3 is 0 Å². The van der Waals surface area contributed by atoms with Crippen LogP contribution in [0.2, 0.25) is 0 Å². The van der Waals surface area contributed by atoms with Gasteiger partial charge in [0.05, 0.1) is 48.8 Å². The highest BCUT2D eigenvalue weighted by Crippen LogP contribution is 2.44. The van der Waals surface area contributed by atoms with Crippen LogP contribution in [0.5, 0.6) is 5.88 Å². The molecular weight excluding hydrogens is 512 g/mol. The number of nitrogens with zero attached hydrogens (tertiary/aromatic N) is 7. The number of fused-ring (bicyclic) bond motifs is 1. The maximum atomic E-state index is 13.6. The Labute approximate surface area is 219 Å². The average Bonchev–Trinajstić information content (AvgIpc) is 3.77. The Morgan fingerprint density at radius 1 is 1.11 bits per heavy atom. The summed E-state index contributed by atoms with van der Waals surface area (Å²) in [6, 6.07) is 2.65. The van der Waals surface area contributed by atoms with Crippen LogP contribution in [0.15, 0.2) is 40.5 Å². The quantitative estimate of drug-likeness (QED) is 0.281. The van der Waals surface area contributed by atoms with E-state index in [1.54, 1.807) is 19.4 Å². The first-order valence-electron chi connectivity index (χ1n) is 11.9. The normalized spacial score (nSPS) is 14.1. The van der Waals surface area contributed by atoms with Gasteiger partial charge in [0, 0.05) is 19.2 Å². The van der Waals surface area contributed by atoms with Crippen molar-refractivity contribution in [1.29, 1.82) is 0 Å². The topological polar surface area (TPSA) is 164 Å². The summed E-state index contributed by atoms with van der Waals surface area (Å²) in [6.07, 6.45) is 6.32. The smallest absolute Gasteiger partial charge is 0.295 e. The number of hydrogen-bond donors (Lipinski definition) is 2. The molecule has 0 spiro atoms. The Hall–Kier alpha value is -4.04. The summed E-state index contributed by atoms with van der Waals surface area (Å²) in [4.78, 5) is 40.3. The molecule has 0 saturated heterocycles. The SMILES string of the molecule is COC[C@@H](C)n1c(=O)c(NCc2ccc([SH](=O)=O)cn2)nc2cnc(-c3c(OC)ncnc3C3CC3)nc21. The van der Waals surface area contributed by atoms with Crippen LogP contribution in [0.1, 0.15) is 43.1 Å². The molecule has 0 amide bonds. The highest BCUT2D eigenvalue weighted by molar-refractivity contribution is 7.72. The van der Waals surface area contributed by atoms with Crippen LogP contribution >= 0.6 is 0 Å². The zero-order valence-electron chi connectivity index (χ0n) is 21.0. The predicted molar refractivity (Wildman–Crippen MR) is 138 cm³/mol. The standard InChI is InChI=1S/C24H26N8O5S/c1-13(11-36-2)32-22-17(30-21(24(32)33)26-8-15-6-7-16(9-25-15)38(34)35)10-27-20(31-22)18-19(14-4-5-14)28-12-29-23(18)37-3/h6-7,9-10,12-14,38H,4-5,8,11H2,1-3H3,(H,26,30)/t13-/m1/s1. The van der Waals surface area contributed by atoms with E-state index in [4.69, 9.17) is 14.5 Å². The molecule has 1 fully saturated rings. The molecule has 0 radical (unpaired) electrons. The summed E-state index contributed by atoms with van der Waals surface area (Å²) in [5.74, 6) is 1.08. The number of aromatic nitrogens is 7. The predicted octanol–water partition coefficient (Wildman–Crippen LogP) is 1.71. The van der Waals surface area contributed by atoms with Gasteiger partial charge in [0.25, 0.3) is 5.56 Å². The summed E-state index contributed by atoms with van der Waals surface area (Å²) in [7, 11) is 0.372. The zero-order valence-corrected chi connectivity index (χ0v) is 21.9. The molecular formula is C24H26N8O5S. The van der Waals surface area contributed by atoms with Crippen LogP contribution in [0.25, 0.3) is 22.6 Å². The molecule has 198 valence electrons. The third-order valence-electron chi connectivity index (χ3n) is 6.16. The average molecular weight is 539 g/mol. The molecule has 4 heterocycles.